The first-order valence-corrected chi connectivity index (χ1v) is 12.0. The number of phenolic OH excluding ortho intramolecular Hbond substituents is 1. The van der Waals surface area contributed by atoms with E-state index in [4.69, 9.17) is 16.3 Å². The third-order valence-corrected chi connectivity index (χ3v) is 6.35. The van der Waals surface area contributed by atoms with Crippen molar-refractivity contribution in [3.05, 3.63) is 53.1 Å². The van der Waals surface area contributed by atoms with Gasteiger partial charge in [0.2, 0.25) is 5.91 Å². The normalized spacial score (nSPS) is 20.1. The Labute approximate surface area is 200 Å². The lowest BCUT2D eigenvalue weighted by molar-refractivity contribution is -0.926. The van der Waals surface area contributed by atoms with Crippen LogP contribution in [0.15, 0.2) is 42.5 Å². The largest absolute Gasteiger partial charge is 0.508 e. The van der Waals surface area contributed by atoms with E-state index in [1.807, 2.05) is 12.1 Å². The van der Waals surface area contributed by atoms with Crippen molar-refractivity contribution in [3.8, 4) is 11.5 Å². The van der Waals surface area contributed by atoms with Crippen molar-refractivity contribution in [2.45, 2.75) is 51.3 Å². The van der Waals surface area contributed by atoms with E-state index in [1.54, 1.807) is 24.8 Å². The fourth-order valence-corrected chi connectivity index (χ4v) is 4.16. The molecule has 1 aliphatic heterocycles. The van der Waals surface area contributed by atoms with Crippen LogP contribution in [0.25, 0.3) is 0 Å². The number of halogens is 1. The average Bonchev–Trinajstić information content (AvgIpc) is 2.80. The molecule has 6 N–H and O–H groups in total. The molecular weight excluding hydrogens is 442 g/mol. The molecule has 1 aliphatic rings. The van der Waals surface area contributed by atoms with Gasteiger partial charge in [-0.15, -0.1) is 0 Å². The molecule has 1 heterocycles. The topological polar surface area (TPSA) is 99.8 Å². The van der Waals surface area contributed by atoms with E-state index < -0.39 is 5.60 Å². The Morgan fingerprint density at radius 1 is 1.24 bits per heavy atom. The van der Waals surface area contributed by atoms with Gasteiger partial charge in [0.15, 0.2) is 0 Å². The highest BCUT2D eigenvalue weighted by Gasteiger charge is 2.30. The number of carbonyl (C=O) groups excluding carboxylic acids is 1. The lowest BCUT2D eigenvalue weighted by atomic mass is 10.0. The maximum absolute atomic E-state index is 11.7. The standard InChI is InChI=1S/C25H34ClN3O4/c1-3-24(31)28-22-9-8-21(30)14-23(22)33-17-25(2,32)16-27-20-10-12-29(13-11-20)15-18-4-6-19(26)7-5-18/h4-9,14,20,27,30,32H,3,10-13,15-17H2,1-2H3,(H,28,31)/p+2/t25-/m0/s1. The molecule has 1 amide bonds. The molecule has 1 fully saturated rings. The molecule has 0 bridgehead atoms. The third-order valence-electron chi connectivity index (χ3n) is 6.09. The minimum atomic E-state index is -1.05. The van der Waals surface area contributed by atoms with Crippen molar-refractivity contribution in [2.24, 2.45) is 0 Å². The van der Waals surface area contributed by atoms with Crippen LogP contribution in [-0.4, -0.2) is 54.0 Å². The molecule has 0 unspecified atom stereocenters. The van der Waals surface area contributed by atoms with Gasteiger partial charge in [-0.3, -0.25) is 4.79 Å². The number of nitrogens with two attached hydrogens (primary N) is 1. The van der Waals surface area contributed by atoms with Crippen LogP contribution in [0, 0.1) is 0 Å². The second kappa shape index (κ2) is 11.7. The first-order chi connectivity index (χ1) is 15.7. The molecule has 8 heteroatoms. The van der Waals surface area contributed by atoms with E-state index in [9.17, 15) is 15.0 Å². The van der Waals surface area contributed by atoms with E-state index in [2.05, 4.69) is 22.8 Å². The minimum absolute atomic E-state index is 0.0403. The summed E-state index contributed by atoms with van der Waals surface area (Å²) in [5.41, 5.74) is 0.735. The summed E-state index contributed by atoms with van der Waals surface area (Å²) in [7, 11) is 0. The number of phenols is 1. The van der Waals surface area contributed by atoms with E-state index >= 15 is 0 Å². The molecule has 3 rings (SSSR count). The summed E-state index contributed by atoms with van der Waals surface area (Å²) in [6.45, 7) is 7.30. The quantitative estimate of drug-likeness (QED) is 0.333. The number of carbonyl (C=O) groups is 1. The summed E-state index contributed by atoms with van der Waals surface area (Å²) in [6.07, 6.45) is 2.53. The smallest absolute Gasteiger partial charge is 0.224 e. The molecule has 2 aromatic carbocycles. The molecule has 33 heavy (non-hydrogen) atoms. The molecule has 7 nitrogen and oxygen atoms in total. The lowest BCUT2D eigenvalue weighted by Gasteiger charge is -2.30. The molecule has 1 saturated heterocycles. The van der Waals surface area contributed by atoms with Gasteiger partial charge in [-0.25, -0.2) is 0 Å². The molecule has 0 aliphatic carbocycles. The van der Waals surface area contributed by atoms with Crippen molar-refractivity contribution in [2.75, 3.05) is 31.6 Å². The maximum atomic E-state index is 11.7. The molecule has 0 radical (unpaired) electrons. The van der Waals surface area contributed by atoms with Crippen molar-refractivity contribution in [3.63, 3.8) is 0 Å². The Morgan fingerprint density at radius 3 is 2.61 bits per heavy atom. The number of nitrogens with one attached hydrogen (secondary N) is 2. The van der Waals surface area contributed by atoms with Crippen molar-refractivity contribution in [1.29, 1.82) is 0 Å². The van der Waals surface area contributed by atoms with Crippen LogP contribution in [0.5, 0.6) is 11.5 Å². The molecule has 0 spiro atoms. The molecule has 0 aromatic heterocycles. The Kier molecular flexibility index (Phi) is 8.97. The van der Waals surface area contributed by atoms with Gasteiger partial charge in [-0.2, -0.15) is 0 Å². The van der Waals surface area contributed by atoms with Gasteiger partial charge < -0.3 is 30.5 Å². The van der Waals surface area contributed by atoms with E-state index in [-0.39, 0.29) is 18.3 Å². The monoisotopic (exact) mass is 477 g/mol. The predicted molar refractivity (Wildman–Crippen MR) is 129 cm³/mol. The zero-order chi connectivity index (χ0) is 23.8. The van der Waals surface area contributed by atoms with Crippen LogP contribution in [0.4, 0.5) is 5.69 Å². The summed E-state index contributed by atoms with van der Waals surface area (Å²) in [4.78, 5) is 13.3. The molecule has 1 atom stereocenters. The number of aromatic hydroxyl groups is 1. The fourth-order valence-electron chi connectivity index (χ4n) is 4.04. The Morgan fingerprint density at radius 2 is 1.94 bits per heavy atom. The zero-order valence-electron chi connectivity index (χ0n) is 19.4. The van der Waals surface area contributed by atoms with Gasteiger partial charge >= 0.3 is 0 Å². The number of anilines is 1. The van der Waals surface area contributed by atoms with Gasteiger partial charge in [-0.05, 0) is 31.2 Å². The fraction of sp³-hybridized carbons (Fsp3) is 0.480. The number of aliphatic hydroxyl groups is 1. The number of rotatable bonds is 10. The van der Waals surface area contributed by atoms with Gasteiger partial charge in [0.1, 0.15) is 36.8 Å². The SMILES string of the molecule is CCC(=O)Nc1ccc(O)cc1OC[C@@](C)(O)C[NH2+]C1CC[NH+](Cc2ccc(Cl)cc2)CC1. The van der Waals surface area contributed by atoms with Crippen LogP contribution >= 0.6 is 11.6 Å². The number of amides is 1. The van der Waals surface area contributed by atoms with Crippen molar-refractivity contribution < 1.29 is 30.0 Å². The first-order valence-electron chi connectivity index (χ1n) is 11.6. The number of piperidine rings is 1. The highest BCUT2D eigenvalue weighted by atomic mass is 35.5. The molecule has 2 aromatic rings. The van der Waals surface area contributed by atoms with Crippen LogP contribution < -0.4 is 20.3 Å². The van der Waals surface area contributed by atoms with E-state index in [1.165, 1.54) is 17.7 Å². The second-order valence-electron chi connectivity index (χ2n) is 9.20. The van der Waals surface area contributed by atoms with Crippen molar-refractivity contribution in [1.82, 2.24) is 0 Å². The van der Waals surface area contributed by atoms with Gasteiger partial charge in [-0.1, -0.05) is 30.7 Å². The third kappa shape index (κ3) is 8.19. The summed E-state index contributed by atoms with van der Waals surface area (Å²) < 4.78 is 5.80. The highest BCUT2D eigenvalue weighted by Crippen LogP contribution is 2.29. The highest BCUT2D eigenvalue weighted by molar-refractivity contribution is 6.30. The first kappa shape index (κ1) is 25.3. The molecule has 180 valence electrons. The van der Waals surface area contributed by atoms with Gasteiger partial charge in [0.25, 0.3) is 0 Å². The van der Waals surface area contributed by atoms with E-state index in [0.29, 0.717) is 30.4 Å². The Bertz CT molecular complexity index is 912. The Hall–Kier alpha value is -2.32. The summed E-state index contributed by atoms with van der Waals surface area (Å²) >= 11 is 5.97. The van der Waals surface area contributed by atoms with Gasteiger partial charge in [0, 0.05) is 35.9 Å². The van der Waals surface area contributed by atoms with Crippen molar-refractivity contribution >= 4 is 23.2 Å². The number of likely N-dealkylation sites (tertiary alicyclic amines) is 1. The van der Waals surface area contributed by atoms with E-state index in [0.717, 1.165) is 37.5 Å². The van der Waals surface area contributed by atoms with Crippen LogP contribution in [0.1, 0.15) is 38.7 Å². The maximum Gasteiger partial charge on any atom is 0.224 e. The number of hydrogen-bond donors (Lipinski definition) is 5. The minimum Gasteiger partial charge on any atom is -0.508 e. The van der Waals surface area contributed by atoms with Crippen LogP contribution in [-0.2, 0) is 11.3 Å². The number of hydrogen-bond acceptors (Lipinski definition) is 4. The number of benzene rings is 2. The second-order valence-corrected chi connectivity index (χ2v) is 9.63. The zero-order valence-corrected chi connectivity index (χ0v) is 20.2. The average molecular weight is 478 g/mol. The summed E-state index contributed by atoms with van der Waals surface area (Å²) in [5, 5.41) is 26.4. The summed E-state index contributed by atoms with van der Waals surface area (Å²) in [5.74, 6) is 0.241. The van der Waals surface area contributed by atoms with Crippen LogP contribution in [0.3, 0.4) is 0 Å². The van der Waals surface area contributed by atoms with Gasteiger partial charge in [0.05, 0.1) is 24.8 Å². The lowest BCUT2D eigenvalue weighted by Crippen LogP contribution is -3.13. The predicted octanol–water partition coefficient (Wildman–Crippen LogP) is 1.33. The number of ether oxygens (including phenoxy) is 1. The Balaban J connectivity index is 1.44. The summed E-state index contributed by atoms with van der Waals surface area (Å²) in [6, 6.07) is 13.1. The molecule has 0 saturated carbocycles. The van der Waals surface area contributed by atoms with Crippen LogP contribution in [0.2, 0.25) is 5.02 Å². The molecular formula is C25H36ClN3O4+2. The number of quaternary nitrogens is 2.